The first-order chi connectivity index (χ1) is 11.2. The first kappa shape index (κ1) is 14.4. The number of hydrogen-bond acceptors (Lipinski definition) is 4. The largest absolute Gasteiger partial charge is 0.508 e. The molecule has 2 heterocycles. The summed E-state index contributed by atoms with van der Waals surface area (Å²) in [5.41, 5.74) is 1.76. The Morgan fingerprint density at radius 2 is 2.22 bits per heavy atom. The summed E-state index contributed by atoms with van der Waals surface area (Å²) < 4.78 is 0. The van der Waals surface area contributed by atoms with Crippen LogP contribution in [0.1, 0.15) is 5.56 Å². The lowest BCUT2D eigenvalue weighted by Crippen LogP contribution is -2.13. The number of amides is 1. The molecule has 6 heteroatoms. The van der Waals surface area contributed by atoms with Crippen LogP contribution in [-0.2, 0) is 4.79 Å². The van der Waals surface area contributed by atoms with Crippen LogP contribution in [0.15, 0.2) is 54.4 Å². The van der Waals surface area contributed by atoms with Crippen molar-refractivity contribution in [1.82, 2.24) is 9.97 Å². The second-order valence-corrected chi connectivity index (χ2v) is 4.82. The summed E-state index contributed by atoms with van der Waals surface area (Å²) in [6, 6.07) is 11.7. The Bertz CT molecular complexity index is 950. The first-order valence-electron chi connectivity index (χ1n) is 6.81. The third kappa shape index (κ3) is 3.04. The molecule has 0 bridgehead atoms. The van der Waals surface area contributed by atoms with E-state index in [4.69, 9.17) is 0 Å². The van der Waals surface area contributed by atoms with Gasteiger partial charge in [-0.05, 0) is 30.3 Å². The zero-order chi connectivity index (χ0) is 16.2. The van der Waals surface area contributed by atoms with Crippen LogP contribution in [0.25, 0.3) is 17.1 Å². The second kappa shape index (κ2) is 6.03. The molecule has 0 fully saturated rings. The number of benzene rings is 1. The van der Waals surface area contributed by atoms with Gasteiger partial charge in [-0.15, -0.1) is 0 Å². The molecule has 0 saturated carbocycles. The average Bonchev–Trinajstić information content (AvgIpc) is 2.95. The lowest BCUT2D eigenvalue weighted by molar-refractivity contribution is -0.112. The molecular formula is C17H12N4O2. The van der Waals surface area contributed by atoms with E-state index in [1.165, 1.54) is 18.2 Å². The fourth-order valence-electron chi connectivity index (χ4n) is 2.18. The highest BCUT2D eigenvalue weighted by Crippen LogP contribution is 2.20. The maximum absolute atomic E-state index is 12.2. The molecule has 3 rings (SSSR count). The van der Waals surface area contributed by atoms with E-state index < -0.39 is 5.91 Å². The molecule has 0 atom stereocenters. The van der Waals surface area contributed by atoms with Crippen LogP contribution in [-0.4, -0.2) is 21.0 Å². The molecule has 0 aliphatic carbocycles. The molecule has 0 radical (unpaired) electrons. The highest BCUT2D eigenvalue weighted by molar-refractivity contribution is 6.10. The molecule has 0 aliphatic rings. The van der Waals surface area contributed by atoms with Crippen molar-refractivity contribution in [1.29, 1.82) is 5.26 Å². The number of nitrogens with one attached hydrogen (secondary N) is 2. The van der Waals surface area contributed by atoms with Crippen molar-refractivity contribution in [3.8, 4) is 11.8 Å². The van der Waals surface area contributed by atoms with E-state index >= 15 is 0 Å². The standard InChI is InChI=1S/C17H12N4O2/c18-9-11(17(23)21-13-3-1-4-14(22)8-13)7-12-10-20-16-15(12)5-2-6-19-16/h1-8,10,22H,(H,19,20)(H,21,23). The fourth-order valence-corrected chi connectivity index (χ4v) is 2.18. The Morgan fingerprint density at radius 3 is 3.00 bits per heavy atom. The molecule has 23 heavy (non-hydrogen) atoms. The summed E-state index contributed by atoms with van der Waals surface area (Å²) in [4.78, 5) is 19.4. The maximum atomic E-state index is 12.2. The van der Waals surface area contributed by atoms with Crippen molar-refractivity contribution < 1.29 is 9.90 Å². The van der Waals surface area contributed by atoms with Crippen LogP contribution in [0.2, 0.25) is 0 Å². The third-order valence-electron chi connectivity index (χ3n) is 3.25. The molecule has 0 unspecified atom stereocenters. The minimum Gasteiger partial charge on any atom is -0.508 e. The smallest absolute Gasteiger partial charge is 0.266 e. The third-order valence-corrected chi connectivity index (χ3v) is 3.25. The van der Waals surface area contributed by atoms with Gasteiger partial charge in [0.1, 0.15) is 23.0 Å². The SMILES string of the molecule is N#CC(=Cc1c[nH]c2ncccc12)C(=O)Nc1cccc(O)c1. The zero-order valence-electron chi connectivity index (χ0n) is 11.9. The van der Waals surface area contributed by atoms with Crippen LogP contribution in [0, 0.1) is 11.3 Å². The van der Waals surface area contributed by atoms with Gasteiger partial charge < -0.3 is 15.4 Å². The number of hydrogen-bond donors (Lipinski definition) is 3. The molecule has 112 valence electrons. The van der Waals surface area contributed by atoms with E-state index in [1.807, 2.05) is 12.1 Å². The number of carbonyl (C=O) groups excluding carboxylic acids is 1. The monoisotopic (exact) mass is 304 g/mol. The predicted octanol–water partition coefficient (Wildman–Crippen LogP) is 2.81. The van der Waals surface area contributed by atoms with E-state index in [2.05, 4.69) is 15.3 Å². The Balaban J connectivity index is 1.90. The summed E-state index contributed by atoms with van der Waals surface area (Å²) in [7, 11) is 0. The van der Waals surface area contributed by atoms with Gasteiger partial charge in [0, 0.05) is 35.1 Å². The van der Waals surface area contributed by atoms with Crippen molar-refractivity contribution in [3.05, 3.63) is 59.9 Å². The molecule has 0 spiro atoms. The highest BCUT2D eigenvalue weighted by Gasteiger charge is 2.11. The molecule has 3 N–H and O–H groups in total. The number of aromatic hydroxyl groups is 1. The lowest BCUT2D eigenvalue weighted by atomic mass is 10.1. The number of nitrogens with zero attached hydrogens (tertiary/aromatic N) is 2. The van der Waals surface area contributed by atoms with Crippen molar-refractivity contribution in [2.75, 3.05) is 5.32 Å². The number of anilines is 1. The quantitative estimate of drug-likeness (QED) is 0.511. The van der Waals surface area contributed by atoms with Crippen molar-refractivity contribution in [2.24, 2.45) is 0 Å². The molecule has 3 aromatic rings. The number of phenols is 1. The second-order valence-electron chi connectivity index (χ2n) is 4.82. The van der Waals surface area contributed by atoms with E-state index in [0.29, 0.717) is 16.9 Å². The first-order valence-corrected chi connectivity index (χ1v) is 6.81. The Labute approximate surface area is 131 Å². The van der Waals surface area contributed by atoms with Gasteiger partial charge in [0.25, 0.3) is 5.91 Å². The van der Waals surface area contributed by atoms with Crippen molar-refractivity contribution >= 4 is 28.7 Å². The topological polar surface area (TPSA) is 102 Å². The lowest BCUT2D eigenvalue weighted by Gasteiger charge is -2.04. The van der Waals surface area contributed by atoms with Crippen molar-refractivity contribution in [2.45, 2.75) is 0 Å². The number of aromatic nitrogens is 2. The number of fused-ring (bicyclic) bond motifs is 1. The fraction of sp³-hybridized carbons (Fsp3) is 0. The van der Waals surface area contributed by atoms with Crippen LogP contribution in [0.5, 0.6) is 5.75 Å². The molecule has 0 saturated heterocycles. The van der Waals surface area contributed by atoms with Crippen LogP contribution in [0.3, 0.4) is 0 Å². The van der Waals surface area contributed by atoms with Gasteiger partial charge in [0.15, 0.2) is 0 Å². The van der Waals surface area contributed by atoms with E-state index in [9.17, 15) is 15.2 Å². The van der Waals surface area contributed by atoms with Crippen molar-refractivity contribution in [3.63, 3.8) is 0 Å². The summed E-state index contributed by atoms with van der Waals surface area (Å²) in [5, 5.41) is 22.1. The minimum absolute atomic E-state index is 0.0352. The number of H-pyrrole nitrogens is 1. The minimum atomic E-state index is -0.545. The number of nitriles is 1. The Morgan fingerprint density at radius 1 is 1.35 bits per heavy atom. The molecule has 1 aromatic carbocycles. The van der Waals surface area contributed by atoms with E-state index in [-0.39, 0.29) is 11.3 Å². The molecule has 6 nitrogen and oxygen atoms in total. The predicted molar refractivity (Wildman–Crippen MR) is 86.4 cm³/mol. The summed E-state index contributed by atoms with van der Waals surface area (Å²) >= 11 is 0. The van der Waals surface area contributed by atoms with Crippen LogP contribution < -0.4 is 5.32 Å². The summed E-state index contributed by atoms with van der Waals surface area (Å²) in [6.07, 6.45) is 4.85. The molecule has 1 amide bonds. The van der Waals surface area contributed by atoms with Crippen LogP contribution in [0.4, 0.5) is 5.69 Å². The van der Waals surface area contributed by atoms with E-state index in [1.54, 1.807) is 30.6 Å². The Kier molecular flexibility index (Phi) is 3.77. The van der Waals surface area contributed by atoms with Crippen LogP contribution >= 0.6 is 0 Å². The highest BCUT2D eigenvalue weighted by atomic mass is 16.3. The zero-order valence-corrected chi connectivity index (χ0v) is 11.9. The van der Waals surface area contributed by atoms with E-state index in [0.717, 1.165) is 5.39 Å². The number of phenolic OH excluding ortho intramolecular Hbond substituents is 1. The van der Waals surface area contributed by atoms with Gasteiger partial charge in [-0.1, -0.05) is 6.07 Å². The average molecular weight is 304 g/mol. The normalized spacial score (nSPS) is 11.2. The Hall–Kier alpha value is -3.59. The summed E-state index contributed by atoms with van der Waals surface area (Å²) in [6.45, 7) is 0. The number of rotatable bonds is 3. The molecule has 2 aromatic heterocycles. The number of aromatic amines is 1. The number of pyridine rings is 1. The molecular weight excluding hydrogens is 292 g/mol. The van der Waals surface area contributed by atoms with Gasteiger partial charge >= 0.3 is 0 Å². The molecule has 0 aliphatic heterocycles. The summed E-state index contributed by atoms with van der Waals surface area (Å²) in [5.74, 6) is -0.510. The van der Waals surface area contributed by atoms with Gasteiger partial charge in [-0.25, -0.2) is 4.98 Å². The van der Waals surface area contributed by atoms with Gasteiger partial charge in [-0.3, -0.25) is 4.79 Å². The van der Waals surface area contributed by atoms with Gasteiger partial charge in [-0.2, -0.15) is 5.26 Å². The van der Waals surface area contributed by atoms with Gasteiger partial charge in [0.05, 0.1) is 0 Å². The van der Waals surface area contributed by atoms with Gasteiger partial charge in [0.2, 0.25) is 0 Å². The number of carbonyl (C=O) groups is 1. The maximum Gasteiger partial charge on any atom is 0.266 e.